The summed E-state index contributed by atoms with van der Waals surface area (Å²) in [6, 6.07) is 16.1. The summed E-state index contributed by atoms with van der Waals surface area (Å²) in [7, 11) is 0. The summed E-state index contributed by atoms with van der Waals surface area (Å²) in [5.41, 5.74) is 2.26. The molecule has 4 nitrogen and oxygen atoms in total. The molecule has 0 bridgehead atoms. The first-order valence-corrected chi connectivity index (χ1v) is 10.0. The maximum absolute atomic E-state index is 11.9. The monoisotopic (exact) mass is 412 g/mol. The Bertz CT molecular complexity index is 1410. The van der Waals surface area contributed by atoms with E-state index in [-0.39, 0.29) is 5.91 Å². The SMILES string of the molecule is O=C1NC(=S)S/C1=C\c1cc2cncc(C#Cc3ccc4ccccc4c3)c2o1. The van der Waals surface area contributed by atoms with Crippen molar-refractivity contribution < 1.29 is 9.21 Å². The molecule has 0 saturated carbocycles. The first kappa shape index (κ1) is 17.7. The van der Waals surface area contributed by atoms with Gasteiger partial charge in [0, 0.05) is 29.4 Å². The fraction of sp³-hybridized carbons (Fsp3) is 0. The molecule has 0 aliphatic carbocycles. The number of nitrogens with one attached hydrogen (secondary N) is 1. The average molecular weight is 412 g/mol. The fourth-order valence-corrected chi connectivity index (χ4v) is 4.12. The summed E-state index contributed by atoms with van der Waals surface area (Å²) in [5, 5.41) is 5.75. The second kappa shape index (κ2) is 7.21. The van der Waals surface area contributed by atoms with Crippen LogP contribution in [0.1, 0.15) is 16.9 Å². The van der Waals surface area contributed by atoms with Gasteiger partial charge >= 0.3 is 0 Å². The lowest BCUT2D eigenvalue weighted by Gasteiger charge is -1.97. The van der Waals surface area contributed by atoms with E-state index in [9.17, 15) is 4.79 Å². The summed E-state index contributed by atoms with van der Waals surface area (Å²) in [4.78, 5) is 16.6. The van der Waals surface area contributed by atoms with Crippen LogP contribution in [-0.4, -0.2) is 15.2 Å². The second-order valence-corrected chi connectivity index (χ2v) is 8.14. The maximum atomic E-state index is 11.9. The van der Waals surface area contributed by atoms with Gasteiger partial charge in [-0.3, -0.25) is 9.78 Å². The second-order valence-electron chi connectivity index (χ2n) is 6.42. The highest BCUT2D eigenvalue weighted by atomic mass is 32.2. The lowest BCUT2D eigenvalue weighted by Crippen LogP contribution is -2.17. The van der Waals surface area contributed by atoms with Gasteiger partial charge in [-0.1, -0.05) is 66.2 Å². The highest BCUT2D eigenvalue weighted by Gasteiger charge is 2.22. The van der Waals surface area contributed by atoms with Gasteiger partial charge in [0.1, 0.15) is 10.1 Å². The molecule has 2 aromatic carbocycles. The summed E-state index contributed by atoms with van der Waals surface area (Å²) in [6.07, 6.45) is 5.08. The van der Waals surface area contributed by atoms with Gasteiger partial charge in [-0.25, -0.2) is 0 Å². The van der Waals surface area contributed by atoms with Gasteiger partial charge in [0.25, 0.3) is 5.91 Å². The van der Waals surface area contributed by atoms with Crippen molar-refractivity contribution in [1.29, 1.82) is 0 Å². The Morgan fingerprint density at radius 3 is 2.72 bits per heavy atom. The predicted molar refractivity (Wildman–Crippen MR) is 120 cm³/mol. The van der Waals surface area contributed by atoms with Crippen LogP contribution in [0.15, 0.2) is 70.2 Å². The Morgan fingerprint density at radius 1 is 1.03 bits per heavy atom. The molecule has 4 aromatic rings. The van der Waals surface area contributed by atoms with Gasteiger partial charge in [-0.2, -0.15) is 0 Å². The zero-order chi connectivity index (χ0) is 19.8. The van der Waals surface area contributed by atoms with E-state index >= 15 is 0 Å². The number of carbonyl (C=O) groups is 1. The number of thiocarbonyl (C=S) groups is 1. The number of fused-ring (bicyclic) bond motifs is 2. The van der Waals surface area contributed by atoms with E-state index in [2.05, 4.69) is 46.4 Å². The first-order valence-electron chi connectivity index (χ1n) is 8.79. The molecule has 29 heavy (non-hydrogen) atoms. The molecule has 5 rings (SSSR count). The van der Waals surface area contributed by atoms with Crippen molar-refractivity contribution in [2.75, 3.05) is 0 Å². The van der Waals surface area contributed by atoms with E-state index in [0.717, 1.165) is 16.3 Å². The quantitative estimate of drug-likeness (QED) is 0.275. The van der Waals surface area contributed by atoms with E-state index in [4.69, 9.17) is 16.6 Å². The number of aromatic nitrogens is 1. The number of amides is 1. The normalized spacial score (nSPS) is 15.0. The molecule has 138 valence electrons. The van der Waals surface area contributed by atoms with Crippen LogP contribution >= 0.6 is 24.0 Å². The van der Waals surface area contributed by atoms with E-state index in [1.807, 2.05) is 24.3 Å². The molecule has 1 saturated heterocycles. The molecule has 1 aliphatic rings. The minimum absolute atomic E-state index is 0.213. The number of thioether (sulfide) groups is 1. The van der Waals surface area contributed by atoms with Gasteiger partial charge in [0.15, 0.2) is 5.58 Å². The lowest BCUT2D eigenvalue weighted by atomic mass is 10.1. The lowest BCUT2D eigenvalue weighted by molar-refractivity contribution is -0.115. The van der Waals surface area contributed by atoms with Crippen molar-refractivity contribution in [2.24, 2.45) is 0 Å². The van der Waals surface area contributed by atoms with Crippen LogP contribution in [0.4, 0.5) is 0 Å². The molecule has 0 spiro atoms. The zero-order valence-electron chi connectivity index (χ0n) is 14.9. The minimum atomic E-state index is -0.213. The smallest absolute Gasteiger partial charge is 0.263 e. The Kier molecular flexibility index (Phi) is 4.39. The van der Waals surface area contributed by atoms with Crippen LogP contribution in [0.5, 0.6) is 0 Å². The molecule has 1 aliphatic heterocycles. The molecular formula is C23H12N2O2S2. The van der Waals surface area contributed by atoms with Crippen LogP contribution in [0.25, 0.3) is 27.8 Å². The fourth-order valence-electron chi connectivity index (χ4n) is 3.10. The average Bonchev–Trinajstić information content (AvgIpc) is 3.28. The van der Waals surface area contributed by atoms with Crippen molar-refractivity contribution in [3.63, 3.8) is 0 Å². The Morgan fingerprint density at radius 2 is 1.90 bits per heavy atom. The molecule has 0 unspecified atom stereocenters. The predicted octanol–water partition coefficient (Wildman–Crippen LogP) is 4.87. The molecule has 1 fully saturated rings. The summed E-state index contributed by atoms with van der Waals surface area (Å²) >= 11 is 6.24. The van der Waals surface area contributed by atoms with Crippen LogP contribution in [-0.2, 0) is 4.79 Å². The summed E-state index contributed by atoms with van der Waals surface area (Å²) in [5.74, 6) is 6.70. The van der Waals surface area contributed by atoms with E-state index in [1.165, 1.54) is 17.1 Å². The zero-order valence-corrected chi connectivity index (χ0v) is 16.6. The Hall–Kier alpha value is -3.40. The third-order valence-electron chi connectivity index (χ3n) is 4.45. The molecule has 0 atom stereocenters. The van der Waals surface area contributed by atoms with Gasteiger partial charge < -0.3 is 9.73 Å². The number of carbonyl (C=O) groups excluding carboxylic acids is 1. The first-order chi connectivity index (χ1) is 14.2. The molecule has 1 amide bonds. The molecule has 6 heteroatoms. The van der Waals surface area contributed by atoms with E-state index in [0.29, 0.717) is 26.1 Å². The van der Waals surface area contributed by atoms with Crippen molar-refractivity contribution in [1.82, 2.24) is 10.3 Å². The van der Waals surface area contributed by atoms with Gasteiger partial charge in [0.2, 0.25) is 0 Å². The molecular weight excluding hydrogens is 400 g/mol. The molecule has 0 radical (unpaired) electrons. The van der Waals surface area contributed by atoms with Crippen LogP contribution in [0.3, 0.4) is 0 Å². The van der Waals surface area contributed by atoms with Crippen LogP contribution in [0.2, 0.25) is 0 Å². The maximum Gasteiger partial charge on any atom is 0.263 e. The topological polar surface area (TPSA) is 55.1 Å². The summed E-state index contributed by atoms with van der Waals surface area (Å²) < 4.78 is 6.39. The number of nitrogens with zero attached hydrogens (tertiary/aromatic N) is 1. The van der Waals surface area contributed by atoms with Crippen LogP contribution < -0.4 is 5.32 Å². The van der Waals surface area contributed by atoms with E-state index in [1.54, 1.807) is 18.5 Å². The van der Waals surface area contributed by atoms with Crippen molar-refractivity contribution in [3.8, 4) is 11.8 Å². The Balaban J connectivity index is 1.52. The number of hydrogen-bond donors (Lipinski definition) is 1. The number of pyridine rings is 1. The summed E-state index contributed by atoms with van der Waals surface area (Å²) in [6.45, 7) is 0. The van der Waals surface area contributed by atoms with Gasteiger partial charge in [0.05, 0.1) is 10.5 Å². The molecule has 3 heterocycles. The minimum Gasteiger partial charge on any atom is -0.455 e. The molecule has 1 N–H and O–H groups in total. The number of benzene rings is 2. The van der Waals surface area contributed by atoms with Crippen molar-refractivity contribution in [3.05, 3.63) is 82.7 Å². The van der Waals surface area contributed by atoms with Crippen LogP contribution in [0, 0.1) is 11.8 Å². The number of rotatable bonds is 1. The van der Waals surface area contributed by atoms with Crippen molar-refractivity contribution in [2.45, 2.75) is 0 Å². The Labute approximate surface area is 176 Å². The van der Waals surface area contributed by atoms with E-state index < -0.39 is 0 Å². The largest absolute Gasteiger partial charge is 0.455 e. The third-order valence-corrected chi connectivity index (χ3v) is 5.61. The number of furan rings is 1. The van der Waals surface area contributed by atoms with Gasteiger partial charge in [-0.15, -0.1) is 0 Å². The number of hydrogen-bond acceptors (Lipinski definition) is 5. The highest BCUT2D eigenvalue weighted by molar-refractivity contribution is 8.26. The van der Waals surface area contributed by atoms with Crippen molar-refractivity contribution >= 4 is 62.0 Å². The standard InChI is InChI=1S/C23H12N2O2S2/c26-22-20(29-23(28)25-22)11-19-10-18-13-24-12-17(21(18)27-19)8-6-14-5-7-15-3-1-2-4-16(15)9-14/h1-5,7,9-13H,(H,25,26,28)/b20-11-. The third kappa shape index (κ3) is 3.54. The highest BCUT2D eigenvalue weighted by Crippen LogP contribution is 2.29. The molecule has 2 aromatic heterocycles. The van der Waals surface area contributed by atoms with Gasteiger partial charge in [-0.05, 0) is 29.0 Å².